The Hall–Kier alpha value is -2.24. The van der Waals surface area contributed by atoms with E-state index in [1.807, 2.05) is 4.57 Å². The Balaban J connectivity index is 2.03. The van der Waals surface area contributed by atoms with Crippen molar-refractivity contribution in [2.75, 3.05) is 5.73 Å². The van der Waals surface area contributed by atoms with Gasteiger partial charge in [-0.05, 0) is 12.5 Å². The van der Waals surface area contributed by atoms with Gasteiger partial charge in [-0.15, -0.1) is 0 Å². The molecule has 0 bridgehead atoms. The number of H-pyrrole nitrogens is 1. The largest absolute Gasteiger partial charge is 0.397 e. The molecule has 0 aliphatic carbocycles. The summed E-state index contributed by atoms with van der Waals surface area (Å²) >= 11 is 0. The van der Waals surface area contributed by atoms with E-state index < -0.39 is 0 Å². The van der Waals surface area contributed by atoms with Crippen LogP contribution in [0.25, 0.3) is 0 Å². The first-order chi connectivity index (χ1) is 8.70. The number of rotatable bonds is 5. The molecule has 0 aliphatic rings. The quantitative estimate of drug-likeness (QED) is 0.740. The van der Waals surface area contributed by atoms with E-state index >= 15 is 0 Å². The minimum Gasteiger partial charge on any atom is -0.397 e. The zero-order valence-electron chi connectivity index (χ0n) is 10.3. The first-order valence-corrected chi connectivity index (χ1v) is 5.92. The monoisotopic (exact) mass is 247 g/mol. The molecule has 0 saturated heterocycles. The molecule has 6 nitrogen and oxygen atoms in total. The van der Waals surface area contributed by atoms with E-state index in [1.165, 1.54) is 0 Å². The van der Waals surface area contributed by atoms with Crippen molar-refractivity contribution in [1.82, 2.24) is 19.9 Å². The molecule has 6 heteroatoms. The number of hydrogen-bond acceptors (Lipinski definition) is 3. The van der Waals surface area contributed by atoms with Crippen LogP contribution in [-0.2, 0) is 13.1 Å². The van der Waals surface area contributed by atoms with Gasteiger partial charge in [0.1, 0.15) is 11.5 Å². The Labute approximate surface area is 105 Å². The van der Waals surface area contributed by atoms with Crippen LogP contribution in [0, 0.1) is 0 Å². The number of nitrogens with one attached hydrogen (secondary N) is 2. The summed E-state index contributed by atoms with van der Waals surface area (Å²) in [6.07, 6.45) is 6.11. The highest BCUT2D eigenvalue weighted by molar-refractivity contribution is 5.93. The molecule has 0 aliphatic heterocycles. The fraction of sp³-hybridized carbons (Fsp3) is 0.333. The molecule has 4 N–H and O–H groups in total. The number of aromatic nitrogens is 3. The molecule has 0 saturated carbocycles. The zero-order valence-corrected chi connectivity index (χ0v) is 10.3. The lowest BCUT2D eigenvalue weighted by molar-refractivity contribution is 0.0940. The van der Waals surface area contributed by atoms with Gasteiger partial charge in [-0.2, -0.15) is 0 Å². The maximum atomic E-state index is 12.0. The first kappa shape index (κ1) is 12.2. The van der Waals surface area contributed by atoms with Crippen LogP contribution in [0.1, 0.15) is 29.7 Å². The summed E-state index contributed by atoms with van der Waals surface area (Å²) in [5.41, 5.74) is 6.91. The third kappa shape index (κ3) is 2.71. The SMILES string of the molecule is CCCn1cc(N)cc1C(=O)NCc1ncc[nH]1. The summed E-state index contributed by atoms with van der Waals surface area (Å²) < 4.78 is 1.87. The van der Waals surface area contributed by atoms with E-state index in [0.717, 1.165) is 18.8 Å². The normalized spacial score (nSPS) is 10.5. The summed E-state index contributed by atoms with van der Waals surface area (Å²) in [6.45, 7) is 3.21. The van der Waals surface area contributed by atoms with Crippen molar-refractivity contribution in [2.45, 2.75) is 26.4 Å². The van der Waals surface area contributed by atoms with Crippen LogP contribution < -0.4 is 11.1 Å². The van der Waals surface area contributed by atoms with Gasteiger partial charge in [0.2, 0.25) is 0 Å². The van der Waals surface area contributed by atoms with Crippen LogP contribution in [0.15, 0.2) is 24.7 Å². The lowest BCUT2D eigenvalue weighted by atomic mass is 10.3. The Bertz CT molecular complexity index is 515. The van der Waals surface area contributed by atoms with E-state index in [2.05, 4.69) is 22.2 Å². The van der Waals surface area contributed by atoms with Crippen molar-refractivity contribution in [3.05, 3.63) is 36.2 Å². The minimum atomic E-state index is -0.142. The van der Waals surface area contributed by atoms with Gasteiger partial charge < -0.3 is 20.6 Å². The summed E-state index contributed by atoms with van der Waals surface area (Å²) in [4.78, 5) is 19.0. The van der Waals surface area contributed by atoms with Crippen molar-refractivity contribution < 1.29 is 4.79 Å². The van der Waals surface area contributed by atoms with Crippen LogP contribution in [0.5, 0.6) is 0 Å². The van der Waals surface area contributed by atoms with Crippen LogP contribution in [0.3, 0.4) is 0 Å². The summed E-state index contributed by atoms with van der Waals surface area (Å²) in [5, 5.41) is 2.80. The number of carbonyl (C=O) groups is 1. The highest BCUT2D eigenvalue weighted by Crippen LogP contribution is 2.11. The molecule has 0 radical (unpaired) electrons. The average molecular weight is 247 g/mol. The predicted octanol–water partition coefficient (Wildman–Crippen LogP) is 1.13. The number of aromatic amines is 1. The molecule has 2 heterocycles. The fourth-order valence-corrected chi connectivity index (χ4v) is 1.80. The average Bonchev–Trinajstić information content (AvgIpc) is 2.96. The number of anilines is 1. The smallest absolute Gasteiger partial charge is 0.268 e. The lowest BCUT2D eigenvalue weighted by Gasteiger charge is -2.07. The number of nitrogen functional groups attached to an aromatic ring is 1. The Kier molecular flexibility index (Phi) is 3.66. The fourth-order valence-electron chi connectivity index (χ4n) is 1.80. The second-order valence-electron chi connectivity index (χ2n) is 4.07. The lowest BCUT2D eigenvalue weighted by Crippen LogP contribution is -2.25. The Morgan fingerprint density at radius 1 is 1.61 bits per heavy atom. The molecule has 2 aromatic heterocycles. The highest BCUT2D eigenvalue weighted by atomic mass is 16.1. The number of carbonyl (C=O) groups excluding carboxylic acids is 1. The summed E-state index contributed by atoms with van der Waals surface area (Å²) in [6, 6.07) is 1.69. The van der Waals surface area contributed by atoms with Gasteiger partial charge >= 0.3 is 0 Å². The van der Waals surface area contributed by atoms with E-state index in [9.17, 15) is 4.79 Å². The van der Waals surface area contributed by atoms with Gasteiger partial charge in [-0.25, -0.2) is 4.98 Å². The molecule has 2 rings (SSSR count). The van der Waals surface area contributed by atoms with Gasteiger partial charge in [-0.3, -0.25) is 4.79 Å². The van der Waals surface area contributed by atoms with Crippen molar-refractivity contribution in [2.24, 2.45) is 0 Å². The van der Waals surface area contributed by atoms with Crippen LogP contribution >= 0.6 is 0 Å². The standard InChI is InChI=1S/C12H17N5O/c1-2-5-17-8-9(13)6-10(17)12(18)16-7-11-14-3-4-15-11/h3-4,6,8H,2,5,7,13H2,1H3,(H,14,15)(H,16,18). The van der Waals surface area contributed by atoms with Crippen LogP contribution in [-0.4, -0.2) is 20.4 Å². The van der Waals surface area contributed by atoms with E-state index in [1.54, 1.807) is 24.7 Å². The van der Waals surface area contributed by atoms with E-state index in [-0.39, 0.29) is 5.91 Å². The topological polar surface area (TPSA) is 88.7 Å². The first-order valence-electron chi connectivity index (χ1n) is 5.92. The second kappa shape index (κ2) is 5.39. The van der Waals surface area contributed by atoms with Crippen molar-refractivity contribution in [1.29, 1.82) is 0 Å². The molecular weight excluding hydrogens is 230 g/mol. The van der Waals surface area contributed by atoms with E-state index in [0.29, 0.717) is 17.9 Å². The molecular formula is C12H17N5O. The third-order valence-corrected chi connectivity index (χ3v) is 2.59. The molecule has 0 spiro atoms. The summed E-state index contributed by atoms with van der Waals surface area (Å²) in [5.74, 6) is 0.585. The molecule has 96 valence electrons. The van der Waals surface area contributed by atoms with E-state index in [4.69, 9.17) is 5.73 Å². The number of amides is 1. The number of imidazole rings is 1. The number of aryl methyl sites for hydroxylation is 1. The summed E-state index contributed by atoms with van der Waals surface area (Å²) in [7, 11) is 0. The van der Waals surface area contributed by atoms with Crippen molar-refractivity contribution in [3.63, 3.8) is 0 Å². The number of hydrogen-bond donors (Lipinski definition) is 3. The van der Waals surface area contributed by atoms with Gasteiger partial charge in [0, 0.05) is 25.1 Å². The van der Waals surface area contributed by atoms with Gasteiger partial charge in [-0.1, -0.05) is 6.92 Å². The molecule has 18 heavy (non-hydrogen) atoms. The van der Waals surface area contributed by atoms with Crippen LogP contribution in [0.4, 0.5) is 5.69 Å². The minimum absolute atomic E-state index is 0.142. The molecule has 1 amide bonds. The van der Waals surface area contributed by atoms with Gasteiger partial charge in [0.05, 0.1) is 12.2 Å². The second-order valence-corrected chi connectivity index (χ2v) is 4.07. The Morgan fingerprint density at radius 3 is 3.11 bits per heavy atom. The van der Waals surface area contributed by atoms with Crippen molar-refractivity contribution in [3.8, 4) is 0 Å². The predicted molar refractivity (Wildman–Crippen MR) is 68.9 cm³/mol. The molecule has 0 atom stereocenters. The van der Waals surface area contributed by atoms with Crippen LogP contribution in [0.2, 0.25) is 0 Å². The van der Waals surface area contributed by atoms with Gasteiger partial charge in [0.15, 0.2) is 0 Å². The molecule has 0 unspecified atom stereocenters. The number of nitrogens with zero attached hydrogens (tertiary/aromatic N) is 2. The maximum Gasteiger partial charge on any atom is 0.268 e. The zero-order chi connectivity index (χ0) is 13.0. The Morgan fingerprint density at radius 2 is 2.44 bits per heavy atom. The molecule has 0 aromatic carbocycles. The molecule has 2 aromatic rings. The third-order valence-electron chi connectivity index (χ3n) is 2.59. The van der Waals surface area contributed by atoms with Gasteiger partial charge in [0.25, 0.3) is 5.91 Å². The highest BCUT2D eigenvalue weighted by Gasteiger charge is 2.12. The number of nitrogens with two attached hydrogens (primary N) is 1. The molecule has 0 fully saturated rings. The van der Waals surface area contributed by atoms with Crippen molar-refractivity contribution >= 4 is 11.6 Å². The maximum absolute atomic E-state index is 12.0.